The highest BCUT2D eigenvalue weighted by Crippen LogP contribution is 2.35. The highest BCUT2D eigenvalue weighted by molar-refractivity contribution is 6.31. The zero-order valence-corrected chi connectivity index (χ0v) is 19.6. The van der Waals surface area contributed by atoms with Crippen LogP contribution in [0.25, 0.3) is 22.2 Å². The Hall–Kier alpha value is -3.19. The third-order valence-electron chi connectivity index (χ3n) is 7.05. The number of anilines is 1. The number of aromatic nitrogens is 2. The molecular formula is C26H26ClN5O2. The van der Waals surface area contributed by atoms with Gasteiger partial charge in [-0.05, 0) is 37.5 Å². The second kappa shape index (κ2) is 8.55. The van der Waals surface area contributed by atoms with Gasteiger partial charge in [0.15, 0.2) is 0 Å². The molecule has 3 fully saturated rings. The van der Waals surface area contributed by atoms with Gasteiger partial charge in [-0.3, -0.25) is 9.59 Å². The lowest BCUT2D eigenvalue weighted by atomic mass is 10.1. The molecule has 1 saturated carbocycles. The van der Waals surface area contributed by atoms with E-state index in [9.17, 15) is 9.59 Å². The van der Waals surface area contributed by atoms with Crippen molar-refractivity contribution >= 4 is 40.3 Å². The minimum atomic E-state index is -0.280. The highest BCUT2D eigenvalue weighted by atomic mass is 35.5. The van der Waals surface area contributed by atoms with Crippen LogP contribution < -0.4 is 4.90 Å². The van der Waals surface area contributed by atoms with Crippen molar-refractivity contribution in [3.05, 3.63) is 53.6 Å². The lowest BCUT2D eigenvalue weighted by Crippen LogP contribution is -2.54. The third-order valence-corrected chi connectivity index (χ3v) is 7.28. The molecule has 2 aromatic carbocycles. The Labute approximate surface area is 203 Å². The van der Waals surface area contributed by atoms with E-state index in [0.717, 1.165) is 35.0 Å². The number of piperazine rings is 1. The quantitative estimate of drug-likeness (QED) is 0.574. The molecule has 2 aliphatic heterocycles. The van der Waals surface area contributed by atoms with E-state index in [1.165, 1.54) is 0 Å². The molecule has 2 saturated heterocycles. The SMILES string of the molecule is O=C(C1CCC(=O)N1C1CC1)N1CCN(c2nc(-c3ccccc3)c3cc(Cl)ccc3n2)CC1. The number of hydrogen-bond acceptors (Lipinski definition) is 5. The number of carbonyl (C=O) groups is 2. The van der Waals surface area contributed by atoms with Crippen molar-refractivity contribution in [3.8, 4) is 11.3 Å². The molecule has 3 aromatic rings. The van der Waals surface area contributed by atoms with Crippen molar-refractivity contribution in [3.63, 3.8) is 0 Å². The molecule has 1 aromatic heterocycles. The van der Waals surface area contributed by atoms with Gasteiger partial charge in [-0.25, -0.2) is 9.97 Å². The van der Waals surface area contributed by atoms with Gasteiger partial charge in [-0.1, -0.05) is 41.9 Å². The van der Waals surface area contributed by atoms with Crippen molar-refractivity contribution in [1.29, 1.82) is 0 Å². The van der Waals surface area contributed by atoms with Crippen LogP contribution in [0.1, 0.15) is 25.7 Å². The molecule has 0 bridgehead atoms. The maximum Gasteiger partial charge on any atom is 0.245 e. The van der Waals surface area contributed by atoms with E-state index in [-0.39, 0.29) is 23.9 Å². The largest absolute Gasteiger partial charge is 0.337 e. The third kappa shape index (κ3) is 3.88. The summed E-state index contributed by atoms with van der Waals surface area (Å²) in [6.07, 6.45) is 3.18. The van der Waals surface area contributed by atoms with E-state index in [2.05, 4.69) is 4.90 Å². The van der Waals surface area contributed by atoms with Gasteiger partial charge >= 0.3 is 0 Å². The molecule has 7 nitrogen and oxygen atoms in total. The molecule has 1 aliphatic carbocycles. The summed E-state index contributed by atoms with van der Waals surface area (Å²) < 4.78 is 0. The zero-order valence-electron chi connectivity index (χ0n) is 18.9. The molecule has 0 N–H and O–H groups in total. The number of likely N-dealkylation sites (tertiary alicyclic amines) is 1. The summed E-state index contributed by atoms with van der Waals surface area (Å²) in [7, 11) is 0. The average molecular weight is 476 g/mol. The Bertz CT molecular complexity index is 1250. The first-order valence-corrected chi connectivity index (χ1v) is 12.3. The van der Waals surface area contributed by atoms with Crippen LogP contribution in [0.5, 0.6) is 0 Å². The molecule has 8 heteroatoms. The smallest absolute Gasteiger partial charge is 0.245 e. The summed E-state index contributed by atoms with van der Waals surface area (Å²) >= 11 is 6.28. The summed E-state index contributed by atoms with van der Waals surface area (Å²) in [6.45, 7) is 2.52. The summed E-state index contributed by atoms with van der Waals surface area (Å²) in [5.41, 5.74) is 2.71. The fraction of sp³-hybridized carbons (Fsp3) is 0.385. The van der Waals surface area contributed by atoms with Crippen molar-refractivity contribution in [2.24, 2.45) is 0 Å². The second-order valence-electron chi connectivity index (χ2n) is 9.30. The van der Waals surface area contributed by atoms with Crippen LogP contribution in [0.15, 0.2) is 48.5 Å². The minimum absolute atomic E-state index is 0.0939. The van der Waals surface area contributed by atoms with Gasteiger partial charge in [0.1, 0.15) is 6.04 Å². The van der Waals surface area contributed by atoms with E-state index in [1.807, 2.05) is 58.3 Å². The molecule has 2 amide bonds. The maximum absolute atomic E-state index is 13.2. The van der Waals surface area contributed by atoms with Crippen LogP contribution in [0.2, 0.25) is 5.02 Å². The zero-order chi connectivity index (χ0) is 23.2. The molecule has 174 valence electrons. The number of amides is 2. The first kappa shape index (κ1) is 21.4. The van der Waals surface area contributed by atoms with Gasteiger partial charge in [0.25, 0.3) is 0 Å². The number of halogens is 1. The molecule has 6 rings (SSSR count). The second-order valence-corrected chi connectivity index (χ2v) is 9.74. The molecule has 1 atom stereocenters. The summed E-state index contributed by atoms with van der Waals surface area (Å²) in [5, 5.41) is 1.57. The monoisotopic (exact) mass is 475 g/mol. The van der Waals surface area contributed by atoms with Gasteiger partial charge in [-0.15, -0.1) is 0 Å². The van der Waals surface area contributed by atoms with Gasteiger partial charge in [0, 0.05) is 54.6 Å². The van der Waals surface area contributed by atoms with E-state index in [0.29, 0.717) is 50.0 Å². The predicted molar refractivity (Wildman–Crippen MR) is 132 cm³/mol. The summed E-state index contributed by atoms with van der Waals surface area (Å²) in [5.74, 6) is 0.894. The van der Waals surface area contributed by atoms with E-state index in [1.54, 1.807) is 0 Å². The van der Waals surface area contributed by atoms with Crippen LogP contribution in [0.3, 0.4) is 0 Å². The molecule has 3 heterocycles. The Morgan fingerprint density at radius 3 is 2.44 bits per heavy atom. The molecule has 0 radical (unpaired) electrons. The molecule has 1 unspecified atom stereocenters. The number of fused-ring (bicyclic) bond motifs is 1. The predicted octanol–water partition coefficient (Wildman–Crippen LogP) is 3.75. The number of carbonyl (C=O) groups excluding carboxylic acids is 2. The topological polar surface area (TPSA) is 69.6 Å². The van der Waals surface area contributed by atoms with Crippen LogP contribution in [0, 0.1) is 0 Å². The fourth-order valence-electron chi connectivity index (χ4n) is 5.14. The number of benzene rings is 2. The lowest BCUT2D eigenvalue weighted by molar-refractivity contribution is -0.142. The Morgan fingerprint density at radius 1 is 0.941 bits per heavy atom. The van der Waals surface area contributed by atoms with E-state index in [4.69, 9.17) is 21.6 Å². The van der Waals surface area contributed by atoms with Crippen molar-refractivity contribution < 1.29 is 9.59 Å². The number of hydrogen-bond donors (Lipinski definition) is 0. The number of rotatable bonds is 4. The standard InChI is InChI=1S/C26H26ClN5O2/c27-18-6-9-21-20(16-18)24(17-4-2-1-3-5-17)29-26(28-21)31-14-12-30(13-15-31)25(34)22-10-11-23(33)32(22)19-7-8-19/h1-6,9,16,19,22H,7-8,10-15H2. The molecule has 0 spiro atoms. The Morgan fingerprint density at radius 2 is 1.71 bits per heavy atom. The van der Waals surface area contributed by atoms with Gasteiger partial charge in [-0.2, -0.15) is 0 Å². The molecule has 34 heavy (non-hydrogen) atoms. The van der Waals surface area contributed by atoms with E-state index >= 15 is 0 Å². The Kier molecular flexibility index (Phi) is 5.37. The van der Waals surface area contributed by atoms with Gasteiger partial charge in [0.2, 0.25) is 17.8 Å². The molecule has 3 aliphatic rings. The van der Waals surface area contributed by atoms with Crippen molar-refractivity contribution in [1.82, 2.24) is 19.8 Å². The first-order chi connectivity index (χ1) is 16.6. The Balaban J connectivity index is 1.23. The molecular weight excluding hydrogens is 450 g/mol. The van der Waals surface area contributed by atoms with Crippen molar-refractivity contribution in [2.45, 2.75) is 37.8 Å². The van der Waals surface area contributed by atoms with Crippen LogP contribution in [-0.2, 0) is 9.59 Å². The minimum Gasteiger partial charge on any atom is -0.337 e. The number of nitrogens with zero attached hydrogens (tertiary/aromatic N) is 5. The lowest BCUT2D eigenvalue weighted by Gasteiger charge is -2.37. The van der Waals surface area contributed by atoms with Crippen LogP contribution in [-0.4, -0.2) is 69.8 Å². The van der Waals surface area contributed by atoms with Crippen LogP contribution >= 0.6 is 11.6 Å². The van der Waals surface area contributed by atoms with Crippen LogP contribution in [0.4, 0.5) is 5.95 Å². The highest BCUT2D eigenvalue weighted by Gasteiger charge is 2.45. The normalized spacial score (nSPS) is 20.9. The van der Waals surface area contributed by atoms with Gasteiger partial charge in [0.05, 0.1) is 11.2 Å². The van der Waals surface area contributed by atoms with Crippen molar-refractivity contribution in [2.75, 3.05) is 31.1 Å². The summed E-state index contributed by atoms with van der Waals surface area (Å²) in [4.78, 5) is 41.2. The first-order valence-electron chi connectivity index (χ1n) is 12.0. The van der Waals surface area contributed by atoms with E-state index < -0.39 is 0 Å². The average Bonchev–Trinajstić information content (AvgIpc) is 3.64. The summed E-state index contributed by atoms with van der Waals surface area (Å²) in [6, 6.07) is 15.7. The fourth-order valence-corrected chi connectivity index (χ4v) is 5.31. The van der Waals surface area contributed by atoms with Gasteiger partial charge < -0.3 is 14.7 Å². The maximum atomic E-state index is 13.2.